The zero-order valence-corrected chi connectivity index (χ0v) is 13.4. The predicted octanol–water partition coefficient (Wildman–Crippen LogP) is 2.51. The van der Waals surface area contributed by atoms with Crippen LogP contribution in [0.1, 0.15) is 47.0 Å². The summed E-state index contributed by atoms with van der Waals surface area (Å²) in [7, 11) is 1.81. The normalized spacial score (nSPS) is 32.8. The lowest BCUT2D eigenvalue weighted by Crippen LogP contribution is -2.59. The largest absolute Gasteiger partial charge is 0.377 e. The fourth-order valence-corrected chi connectivity index (χ4v) is 3.66. The Labute approximate surface area is 119 Å². The van der Waals surface area contributed by atoms with Crippen LogP contribution in [0.15, 0.2) is 0 Å². The molecule has 19 heavy (non-hydrogen) atoms. The van der Waals surface area contributed by atoms with Gasteiger partial charge in [0, 0.05) is 38.8 Å². The van der Waals surface area contributed by atoms with Gasteiger partial charge in [-0.05, 0) is 52.4 Å². The molecule has 2 bridgehead atoms. The molecule has 1 aliphatic heterocycles. The topological polar surface area (TPSA) is 24.5 Å². The Hall–Kier alpha value is -0.120. The molecule has 3 heteroatoms. The van der Waals surface area contributed by atoms with Crippen molar-refractivity contribution in [2.75, 3.05) is 26.7 Å². The van der Waals surface area contributed by atoms with Crippen LogP contribution in [0, 0.1) is 11.8 Å². The first-order valence-corrected chi connectivity index (χ1v) is 7.95. The van der Waals surface area contributed by atoms with Crippen molar-refractivity contribution in [1.29, 1.82) is 0 Å². The van der Waals surface area contributed by atoms with Crippen molar-refractivity contribution < 1.29 is 4.74 Å². The molecule has 2 unspecified atom stereocenters. The van der Waals surface area contributed by atoms with Gasteiger partial charge in [0.2, 0.25) is 0 Å². The van der Waals surface area contributed by atoms with Crippen molar-refractivity contribution in [2.24, 2.45) is 11.8 Å². The van der Waals surface area contributed by atoms with Gasteiger partial charge < -0.3 is 15.0 Å². The van der Waals surface area contributed by atoms with Crippen molar-refractivity contribution in [3.63, 3.8) is 0 Å². The average molecular weight is 268 g/mol. The Morgan fingerprint density at radius 1 is 1.21 bits per heavy atom. The van der Waals surface area contributed by atoms with Gasteiger partial charge in [0.25, 0.3) is 0 Å². The molecule has 0 aromatic carbocycles. The summed E-state index contributed by atoms with van der Waals surface area (Å²) in [5.41, 5.74) is -0.0521. The molecular formula is C16H32N2O. The number of piperidine rings is 1. The smallest absolute Gasteiger partial charge is 0.0746 e. The molecule has 1 saturated heterocycles. The van der Waals surface area contributed by atoms with E-state index >= 15 is 0 Å². The second kappa shape index (κ2) is 6.11. The van der Waals surface area contributed by atoms with Crippen molar-refractivity contribution in [1.82, 2.24) is 10.2 Å². The zero-order valence-electron chi connectivity index (χ0n) is 13.4. The Morgan fingerprint density at radius 2 is 1.79 bits per heavy atom. The van der Waals surface area contributed by atoms with Gasteiger partial charge in [-0.1, -0.05) is 6.42 Å². The lowest BCUT2D eigenvalue weighted by Gasteiger charge is -2.49. The molecule has 1 heterocycles. The van der Waals surface area contributed by atoms with E-state index in [2.05, 4.69) is 37.9 Å². The maximum Gasteiger partial charge on any atom is 0.0746 e. The third kappa shape index (κ3) is 3.71. The highest BCUT2D eigenvalue weighted by Gasteiger charge is 2.40. The first kappa shape index (κ1) is 15.3. The average Bonchev–Trinajstić information content (AvgIpc) is 2.35. The van der Waals surface area contributed by atoms with E-state index in [1.54, 1.807) is 0 Å². The van der Waals surface area contributed by atoms with E-state index in [0.717, 1.165) is 18.4 Å². The van der Waals surface area contributed by atoms with E-state index in [1.807, 2.05) is 7.11 Å². The molecule has 112 valence electrons. The minimum atomic E-state index is -0.0521. The lowest BCUT2D eigenvalue weighted by atomic mass is 9.73. The van der Waals surface area contributed by atoms with Crippen molar-refractivity contribution in [3.8, 4) is 0 Å². The summed E-state index contributed by atoms with van der Waals surface area (Å²) in [4.78, 5) is 2.67. The van der Waals surface area contributed by atoms with E-state index in [-0.39, 0.29) is 5.60 Å². The number of rotatable bonds is 5. The number of hydrogen-bond donors (Lipinski definition) is 1. The quantitative estimate of drug-likeness (QED) is 0.829. The van der Waals surface area contributed by atoms with Gasteiger partial charge >= 0.3 is 0 Å². The van der Waals surface area contributed by atoms with Crippen LogP contribution in [0.3, 0.4) is 0 Å². The zero-order chi connectivity index (χ0) is 14.0. The van der Waals surface area contributed by atoms with Gasteiger partial charge in [0.15, 0.2) is 0 Å². The Balaban J connectivity index is 1.94. The molecule has 0 spiro atoms. The SMILES string of the molecule is COC(C)(C)CNC1C2CCCC1CN(C(C)C)C2. The number of likely N-dealkylation sites (tertiary alicyclic amines) is 1. The molecule has 1 N–H and O–H groups in total. The van der Waals surface area contributed by atoms with E-state index in [9.17, 15) is 0 Å². The van der Waals surface area contributed by atoms with Gasteiger partial charge in [-0.25, -0.2) is 0 Å². The van der Waals surface area contributed by atoms with Crippen LogP contribution in [0.4, 0.5) is 0 Å². The summed E-state index contributed by atoms with van der Waals surface area (Å²) < 4.78 is 5.54. The maximum absolute atomic E-state index is 5.54. The summed E-state index contributed by atoms with van der Waals surface area (Å²) in [6.07, 6.45) is 4.21. The van der Waals surface area contributed by atoms with Crippen LogP contribution in [-0.2, 0) is 4.74 Å². The summed E-state index contributed by atoms with van der Waals surface area (Å²) in [5.74, 6) is 1.67. The summed E-state index contributed by atoms with van der Waals surface area (Å²) in [5, 5.41) is 3.82. The van der Waals surface area contributed by atoms with Gasteiger partial charge in [-0.3, -0.25) is 0 Å². The molecule has 0 amide bonds. The first-order valence-electron chi connectivity index (χ1n) is 7.95. The standard InChI is InChI=1S/C16H32N2O/c1-12(2)18-9-13-7-6-8-14(10-18)15(13)17-11-16(3,4)19-5/h12-15,17H,6-11H2,1-5H3. The lowest BCUT2D eigenvalue weighted by molar-refractivity contribution is -0.00505. The van der Waals surface area contributed by atoms with E-state index in [1.165, 1.54) is 32.4 Å². The molecule has 2 aliphatic rings. The number of hydrogen-bond acceptors (Lipinski definition) is 3. The minimum Gasteiger partial charge on any atom is -0.377 e. The molecule has 0 radical (unpaired) electrons. The molecule has 2 fully saturated rings. The monoisotopic (exact) mass is 268 g/mol. The van der Waals surface area contributed by atoms with Gasteiger partial charge in [-0.2, -0.15) is 0 Å². The molecule has 0 aromatic rings. The van der Waals surface area contributed by atoms with Gasteiger partial charge in [0.05, 0.1) is 5.60 Å². The maximum atomic E-state index is 5.54. The van der Waals surface area contributed by atoms with Gasteiger partial charge in [-0.15, -0.1) is 0 Å². The fourth-order valence-electron chi connectivity index (χ4n) is 3.66. The van der Waals surface area contributed by atoms with Crippen LogP contribution in [0.5, 0.6) is 0 Å². The fraction of sp³-hybridized carbons (Fsp3) is 1.00. The third-order valence-electron chi connectivity index (χ3n) is 5.15. The highest BCUT2D eigenvalue weighted by Crippen LogP contribution is 2.35. The Morgan fingerprint density at radius 3 is 2.26 bits per heavy atom. The highest BCUT2D eigenvalue weighted by molar-refractivity contribution is 4.96. The summed E-state index contributed by atoms with van der Waals surface area (Å²) in [6, 6.07) is 1.40. The van der Waals surface area contributed by atoms with Crippen LogP contribution >= 0.6 is 0 Å². The van der Waals surface area contributed by atoms with Gasteiger partial charge in [0.1, 0.15) is 0 Å². The molecule has 3 nitrogen and oxygen atoms in total. The number of nitrogens with one attached hydrogen (secondary N) is 1. The Bertz CT molecular complexity index is 276. The van der Waals surface area contributed by atoms with Crippen LogP contribution < -0.4 is 5.32 Å². The highest BCUT2D eigenvalue weighted by atomic mass is 16.5. The van der Waals surface area contributed by atoms with Crippen molar-refractivity contribution in [2.45, 2.75) is 64.6 Å². The second-order valence-corrected chi connectivity index (χ2v) is 7.37. The summed E-state index contributed by atoms with van der Waals surface area (Å²) in [6.45, 7) is 12.5. The van der Waals surface area contributed by atoms with E-state index in [0.29, 0.717) is 12.1 Å². The molecule has 2 atom stereocenters. The van der Waals surface area contributed by atoms with Crippen molar-refractivity contribution >= 4 is 0 Å². The number of ether oxygens (including phenoxy) is 1. The first-order chi connectivity index (χ1) is 8.93. The molecule has 1 aliphatic carbocycles. The van der Waals surface area contributed by atoms with E-state index < -0.39 is 0 Å². The molecular weight excluding hydrogens is 236 g/mol. The minimum absolute atomic E-state index is 0.0521. The van der Waals surface area contributed by atoms with Crippen LogP contribution in [0.25, 0.3) is 0 Å². The number of fused-ring (bicyclic) bond motifs is 2. The molecule has 1 saturated carbocycles. The molecule has 2 rings (SSSR count). The predicted molar refractivity (Wildman–Crippen MR) is 80.4 cm³/mol. The number of nitrogens with zero attached hydrogens (tertiary/aromatic N) is 1. The summed E-state index contributed by atoms with van der Waals surface area (Å²) >= 11 is 0. The number of methoxy groups -OCH3 is 1. The Kier molecular flexibility index (Phi) is 4.91. The second-order valence-electron chi connectivity index (χ2n) is 7.37. The van der Waals surface area contributed by atoms with Crippen LogP contribution in [-0.4, -0.2) is 49.3 Å². The van der Waals surface area contributed by atoms with Crippen molar-refractivity contribution in [3.05, 3.63) is 0 Å². The molecule has 0 aromatic heterocycles. The van der Waals surface area contributed by atoms with Crippen LogP contribution in [0.2, 0.25) is 0 Å². The third-order valence-corrected chi connectivity index (χ3v) is 5.15. The van der Waals surface area contributed by atoms with E-state index in [4.69, 9.17) is 4.74 Å².